The van der Waals surface area contributed by atoms with Crippen LogP contribution in [0.25, 0.3) is 22.3 Å². The largest absolute Gasteiger partial charge is 0.493 e. The first-order valence-electron chi connectivity index (χ1n) is 13.5. The molecule has 0 amide bonds. The Morgan fingerprint density at radius 3 is 2.15 bits per heavy atom. The first kappa shape index (κ1) is 26.9. The van der Waals surface area contributed by atoms with Gasteiger partial charge in [0.05, 0.1) is 18.2 Å². The molecule has 4 aromatic carbocycles. The minimum atomic E-state index is -0.132. The standard InChI is InChI=1S/C34H33NO5/c1-3-4-17-35-28-19-27(38-22-24-11-7-5-8-12-24)20-33-34(28)29(36)21-31(40-33)26-15-16-30(37-2)32(18-26)39-23-25-13-9-6-10-14-25/h5-16,18-21,35H,3-4,17,22-23H2,1-2H3. The van der Waals surface area contributed by atoms with Crippen LogP contribution in [0.5, 0.6) is 17.2 Å². The summed E-state index contributed by atoms with van der Waals surface area (Å²) in [6.45, 7) is 3.67. The van der Waals surface area contributed by atoms with Crippen molar-refractivity contribution < 1.29 is 18.6 Å². The van der Waals surface area contributed by atoms with Crippen LogP contribution in [-0.4, -0.2) is 13.7 Å². The maximum absolute atomic E-state index is 13.4. The first-order chi connectivity index (χ1) is 19.6. The molecule has 0 saturated carbocycles. The van der Waals surface area contributed by atoms with Gasteiger partial charge >= 0.3 is 0 Å². The van der Waals surface area contributed by atoms with Crippen molar-refractivity contribution in [1.82, 2.24) is 0 Å². The summed E-state index contributed by atoms with van der Waals surface area (Å²) in [6.07, 6.45) is 2.03. The molecule has 0 aliphatic rings. The highest BCUT2D eigenvalue weighted by Crippen LogP contribution is 2.35. The lowest BCUT2D eigenvalue weighted by Crippen LogP contribution is -2.08. The molecule has 1 N–H and O–H groups in total. The Morgan fingerprint density at radius 2 is 1.48 bits per heavy atom. The summed E-state index contributed by atoms with van der Waals surface area (Å²) in [5, 5.41) is 3.91. The second kappa shape index (κ2) is 12.9. The van der Waals surface area contributed by atoms with Crippen LogP contribution in [-0.2, 0) is 13.2 Å². The quantitative estimate of drug-likeness (QED) is 0.164. The van der Waals surface area contributed by atoms with E-state index in [1.807, 2.05) is 84.9 Å². The van der Waals surface area contributed by atoms with E-state index in [1.54, 1.807) is 13.2 Å². The van der Waals surface area contributed by atoms with Gasteiger partial charge in [0.1, 0.15) is 30.3 Å². The summed E-state index contributed by atoms with van der Waals surface area (Å²) in [7, 11) is 1.60. The molecular formula is C34H33NO5. The molecule has 1 aromatic heterocycles. The van der Waals surface area contributed by atoms with Crippen LogP contribution >= 0.6 is 0 Å². The summed E-state index contributed by atoms with van der Waals surface area (Å²) in [4.78, 5) is 13.4. The summed E-state index contributed by atoms with van der Waals surface area (Å²) >= 11 is 0. The number of rotatable bonds is 12. The van der Waals surface area contributed by atoms with Gasteiger partial charge in [0.2, 0.25) is 0 Å². The molecule has 5 aromatic rings. The van der Waals surface area contributed by atoms with Crippen molar-refractivity contribution in [2.24, 2.45) is 0 Å². The van der Waals surface area contributed by atoms with E-state index < -0.39 is 0 Å². The van der Waals surface area contributed by atoms with Gasteiger partial charge in [-0.15, -0.1) is 0 Å². The van der Waals surface area contributed by atoms with Gasteiger partial charge in [0, 0.05) is 30.3 Å². The van der Waals surface area contributed by atoms with E-state index in [9.17, 15) is 4.79 Å². The van der Waals surface area contributed by atoms with E-state index in [-0.39, 0.29) is 5.43 Å². The fourth-order valence-electron chi connectivity index (χ4n) is 4.45. The van der Waals surface area contributed by atoms with E-state index in [0.717, 1.165) is 30.5 Å². The number of anilines is 1. The van der Waals surface area contributed by atoms with Crippen LogP contribution < -0.4 is 25.0 Å². The molecule has 0 aliphatic carbocycles. The Labute approximate surface area is 234 Å². The van der Waals surface area contributed by atoms with Crippen molar-refractivity contribution in [3.63, 3.8) is 0 Å². The van der Waals surface area contributed by atoms with Crippen LogP contribution in [0.4, 0.5) is 5.69 Å². The minimum absolute atomic E-state index is 0.132. The molecule has 40 heavy (non-hydrogen) atoms. The highest BCUT2D eigenvalue weighted by atomic mass is 16.5. The summed E-state index contributed by atoms with van der Waals surface area (Å²) < 4.78 is 24.1. The lowest BCUT2D eigenvalue weighted by Gasteiger charge is -2.14. The highest BCUT2D eigenvalue weighted by Gasteiger charge is 2.15. The van der Waals surface area contributed by atoms with Crippen molar-refractivity contribution in [3.05, 3.63) is 118 Å². The third-order valence-corrected chi connectivity index (χ3v) is 6.58. The fraction of sp³-hybridized carbons (Fsp3) is 0.206. The smallest absolute Gasteiger partial charge is 0.195 e. The zero-order valence-electron chi connectivity index (χ0n) is 22.8. The molecule has 0 fully saturated rings. The van der Waals surface area contributed by atoms with E-state index in [0.29, 0.717) is 58.4 Å². The van der Waals surface area contributed by atoms with Crippen molar-refractivity contribution in [2.75, 3.05) is 19.0 Å². The average Bonchev–Trinajstić information content (AvgIpc) is 2.99. The number of hydrogen-bond donors (Lipinski definition) is 1. The number of unbranched alkanes of at least 4 members (excludes halogenated alkanes) is 1. The van der Waals surface area contributed by atoms with Gasteiger partial charge < -0.3 is 23.9 Å². The van der Waals surface area contributed by atoms with Gasteiger partial charge in [-0.05, 0) is 35.7 Å². The molecule has 5 rings (SSSR count). The summed E-state index contributed by atoms with van der Waals surface area (Å²) in [5.74, 6) is 2.22. The molecule has 204 valence electrons. The van der Waals surface area contributed by atoms with Crippen LogP contribution in [0, 0.1) is 0 Å². The van der Waals surface area contributed by atoms with Gasteiger partial charge in [-0.25, -0.2) is 0 Å². The predicted molar refractivity (Wildman–Crippen MR) is 159 cm³/mol. The van der Waals surface area contributed by atoms with Gasteiger partial charge in [-0.3, -0.25) is 4.79 Å². The van der Waals surface area contributed by atoms with Gasteiger partial charge in [-0.1, -0.05) is 74.0 Å². The molecule has 1 heterocycles. The zero-order valence-corrected chi connectivity index (χ0v) is 22.8. The lowest BCUT2D eigenvalue weighted by atomic mass is 10.1. The zero-order chi connectivity index (χ0) is 27.7. The molecule has 0 atom stereocenters. The van der Waals surface area contributed by atoms with E-state index in [2.05, 4.69) is 12.2 Å². The molecule has 6 nitrogen and oxygen atoms in total. The normalized spacial score (nSPS) is 10.8. The molecule has 0 spiro atoms. The third kappa shape index (κ3) is 6.46. The average molecular weight is 536 g/mol. The highest BCUT2D eigenvalue weighted by molar-refractivity contribution is 5.92. The maximum atomic E-state index is 13.4. The molecule has 6 heteroatoms. The lowest BCUT2D eigenvalue weighted by molar-refractivity contribution is 0.284. The predicted octanol–water partition coefficient (Wildman–Crippen LogP) is 7.84. The Hall–Kier alpha value is -4.71. The SMILES string of the molecule is CCCCNc1cc(OCc2ccccc2)cc2oc(-c3ccc(OC)c(OCc4ccccc4)c3)cc(=O)c12. The third-order valence-electron chi connectivity index (χ3n) is 6.58. The molecule has 0 bridgehead atoms. The Morgan fingerprint density at radius 1 is 0.775 bits per heavy atom. The minimum Gasteiger partial charge on any atom is -0.493 e. The Balaban J connectivity index is 1.50. The second-order valence-electron chi connectivity index (χ2n) is 9.51. The van der Waals surface area contributed by atoms with Crippen LogP contribution in [0.3, 0.4) is 0 Å². The molecule has 0 aliphatic heterocycles. The number of ether oxygens (including phenoxy) is 3. The van der Waals surface area contributed by atoms with E-state index in [1.165, 1.54) is 6.07 Å². The summed E-state index contributed by atoms with van der Waals surface area (Å²) in [6, 6.07) is 30.6. The Kier molecular flexibility index (Phi) is 8.66. The number of fused-ring (bicyclic) bond motifs is 1. The molecule has 0 saturated heterocycles. The van der Waals surface area contributed by atoms with Crippen molar-refractivity contribution in [2.45, 2.75) is 33.0 Å². The second-order valence-corrected chi connectivity index (χ2v) is 9.51. The number of nitrogens with one attached hydrogen (secondary N) is 1. The summed E-state index contributed by atoms with van der Waals surface area (Å²) in [5.41, 5.74) is 3.83. The Bertz CT molecular complexity index is 1610. The molecule has 0 unspecified atom stereocenters. The topological polar surface area (TPSA) is 69.9 Å². The van der Waals surface area contributed by atoms with Crippen LogP contribution in [0.2, 0.25) is 0 Å². The maximum Gasteiger partial charge on any atom is 0.195 e. The first-order valence-corrected chi connectivity index (χ1v) is 13.5. The number of hydrogen-bond acceptors (Lipinski definition) is 6. The fourth-order valence-corrected chi connectivity index (χ4v) is 4.45. The van der Waals surface area contributed by atoms with E-state index in [4.69, 9.17) is 18.6 Å². The van der Waals surface area contributed by atoms with Crippen molar-refractivity contribution >= 4 is 16.7 Å². The van der Waals surface area contributed by atoms with Crippen LogP contribution in [0.15, 0.2) is 106 Å². The van der Waals surface area contributed by atoms with Crippen LogP contribution in [0.1, 0.15) is 30.9 Å². The monoisotopic (exact) mass is 535 g/mol. The van der Waals surface area contributed by atoms with Gasteiger partial charge in [-0.2, -0.15) is 0 Å². The van der Waals surface area contributed by atoms with Gasteiger partial charge in [0.25, 0.3) is 0 Å². The number of benzene rings is 4. The molecular weight excluding hydrogens is 502 g/mol. The number of methoxy groups -OCH3 is 1. The van der Waals surface area contributed by atoms with E-state index >= 15 is 0 Å². The molecule has 0 radical (unpaired) electrons. The van der Waals surface area contributed by atoms with Crippen molar-refractivity contribution in [1.29, 1.82) is 0 Å². The van der Waals surface area contributed by atoms with Crippen molar-refractivity contribution in [3.8, 4) is 28.6 Å². The van der Waals surface area contributed by atoms with Gasteiger partial charge in [0.15, 0.2) is 16.9 Å².